The number of methoxy groups -OCH3 is 1. The van der Waals surface area contributed by atoms with Crippen LogP contribution in [0.15, 0.2) is 35.4 Å². The predicted octanol–water partition coefficient (Wildman–Crippen LogP) is 4.70. The molecule has 0 saturated carbocycles. The Morgan fingerprint density at radius 1 is 1.32 bits per heavy atom. The second-order valence-corrected chi connectivity index (χ2v) is 7.89. The van der Waals surface area contributed by atoms with Crippen molar-refractivity contribution in [3.05, 3.63) is 46.5 Å². The van der Waals surface area contributed by atoms with Crippen LogP contribution in [0, 0.1) is 11.3 Å². The molecule has 0 N–H and O–H groups in total. The van der Waals surface area contributed by atoms with Gasteiger partial charge in [-0.25, -0.2) is 0 Å². The number of allylic oxidation sites excluding steroid dienone is 2. The van der Waals surface area contributed by atoms with E-state index in [0.717, 1.165) is 31.4 Å². The maximum Gasteiger partial charge on any atom is 0.302 e. The van der Waals surface area contributed by atoms with E-state index in [-0.39, 0.29) is 17.5 Å². The highest BCUT2D eigenvalue weighted by atomic mass is 16.5. The molecule has 3 aliphatic rings. The standard InChI is InChI=1S/C22H26O3/c1-13-11-15-12-16(24-4)5-6-17(15)18-9-10-22(3)19(21(13)18)7-8-20(22)25-14(2)23/h5-7,12-13,20H,8-11H2,1-4H3/t13-,20-,22-/m0/s1. The molecular weight excluding hydrogens is 312 g/mol. The summed E-state index contributed by atoms with van der Waals surface area (Å²) >= 11 is 0. The zero-order valence-corrected chi connectivity index (χ0v) is 15.5. The molecule has 0 radical (unpaired) electrons. The van der Waals surface area contributed by atoms with Crippen molar-refractivity contribution >= 4 is 11.5 Å². The molecule has 0 saturated heterocycles. The monoisotopic (exact) mass is 338 g/mol. The number of carbonyl (C=O) groups excluding carboxylic acids is 1. The van der Waals surface area contributed by atoms with Crippen molar-refractivity contribution in [2.45, 2.75) is 52.6 Å². The van der Waals surface area contributed by atoms with Gasteiger partial charge < -0.3 is 9.47 Å². The normalized spacial score (nSPS) is 30.2. The van der Waals surface area contributed by atoms with E-state index < -0.39 is 0 Å². The summed E-state index contributed by atoms with van der Waals surface area (Å²) in [5.41, 5.74) is 7.15. The fraction of sp³-hybridized carbons (Fsp3) is 0.500. The second kappa shape index (κ2) is 5.76. The Morgan fingerprint density at radius 2 is 2.12 bits per heavy atom. The van der Waals surface area contributed by atoms with Crippen LogP contribution >= 0.6 is 0 Å². The van der Waals surface area contributed by atoms with E-state index in [1.54, 1.807) is 7.11 Å². The first kappa shape index (κ1) is 16.4. The van der Waals surface area contributed by atoms with Gasteiger partial charge in [0, 0.05) is 18.8 Å². The summed E-state index contributed by atoms with van der Waals surface area (Å²) in [5, 5.41) is 0. The lowest BCUT2D eigenvalue weighted by molar-refractivity contribution is -0.150. The zero-order valence-electron chi connectivity index (χ0n) is 15.5. The van der Waals surface area contributed by atoms with Crippen molar-refractivity contribution in [1.82, 2.24) is 0 Å². The minimum absolute atomic E-state index is 0.0153. The van der Waals surface area contributed by atoms with Crippen LogP contribution in [0.2, 0.25) is 0 Å². The Hall–Kier alpha value is -2.03. The van der Waals surface area contributed by atoms with E-state index in [4.69, 9.17) is 9.47 Å². The van der Waals surface area contributed by atoms with Crippen LogP contribution in [0.5, 0.6) is 5.75 Å². The zero-order chi connectivity index (χ0) is 17.8. The molecule has 0 bridgehead atoms. The Balaban J connectivity index is 1.78. The van der Waals surface area contributed by atoms with Gasteiger partial charge in [0.2, 0.25) is 0 Å². The van der Waals surface area contributed by atoms with Gasteiger partial charge >= 0.3 is 5.97 Å². The quantitative estimate of drug-likeness (QED) is 0.733. The molecule has 132 valence electrons. The van der Waals surface area contributed by atoms with Crippen molar-refractivity contribution in [2.75, 3.05) is 7.11 Å². The molecule has 4 rings (SSSR count). The number of esters is 1. The highest BCUT2D eigenvalue weighted by molar-refractivity contribution is 5.80. The van der Waals surface area contributed by atoms with Gasteiger partial charge in [0.25, 0.3) is 0 Å². The van der Waals surface area contributed by atoms with Crippen LogP contribution in [-0.2, 0) is 16.0 Å². The Kier molecular flexibility index (Phi) is 3.78. The highest BCUT2D eigenvalue weighted by Crippen LogP contribution is 2.57. The first-order valence-corrected chi connectivity index (χ1v) is 9.22. The third-order valence-corrected chi connectivity index (χ3v) is 6.34. The number of ether oxygens (including phenoxy) is 2. The maximum absolute atomic E-state index is 11.5. The minimum Gasteiger partial charge on any atom is -0.497 e. The molecule has 0 fully saturated rings. The molecule has 0 aliphatic heterocycles. The Bertz CT molecular complexity index is 801. The fourth-order valence-electron chi connectivity index (χ4n) is 5.10. The van der Waals surface area contributed by atoms with Crippen LogP contribution in [0.3, 0.4) is 0 Å². The molecule has 1 aromatic carbocycles. The van der Waals surface area contributed by atoms with Gasteiger partial charge in [0.15, 0.2) is 0 Å². The van der Waals surface area contributed by atoms with E-state index in [0.29, 0.717) is 5.92 Å². The number of hydrogen-bond acceptors (Lipinski definition) is 3. The van der Waals surface area contributed by atoms with Crippen LogP contribution in [0.4, 0.5) is 0 Å². The third kappa shape index (κ3) is 2.44. The number of rotatable bonds is 2. The number of hydrogen-bond donors (Lipinski definition) is 0. The lowest BCUT2D eigenvalue weighted by Crippen LogP contribution is -2.37. The highest BCUT2D eigenvalue weighted by Gasteiger charge is 2.49. The molecule has 3 atom stereocenters. The smallest absolute Gasteiger partial charge is 0.302 e. The number of benzene rings is 1. The molecule has 0 amide bonds. The SMILES string of the molecule is COc1ccc2c(c1)C[C@H](C)C1=C2CC[C@@]2(C)C1=CC[C@@H]2OC(C)=O. The lowest BCUT2D eigenvalue weighted by atomic mass is 9.62. The summed E-state index contributed by atoms with van der Waals surface area (Å²) in [5.74, 6) is 1.25. The maximum atomic E-state index is 11.5. The fourth-order valence-corrected chi connectivity index (χ4v) is 5.10. The van der Waals surface area contributed by atoms with Crippen molar-refractivity contribution in [2.24, 2.45) is 11.3 Å². The molecule has 3 aliphatic carbocycles. The molecule has 0 aromatic heterocycles. The van der Waals surface area contributed by atoms with Crippen molar-refractivity contribution < 1.29 is 14.3 Å². The van der Waals surface area contributed by atoms with E-state index in [1.807, 2.05) is 0 Å². The van der Waals surface area contributed by atoms with Gasteiger partial charge in [-0.05, 0) is 65.2 Å². The van der Waals surface area contributed by atoms with Crippen LogP contribution in [0.1, 0.15) is 51.2 Å². The molecule has 1 aromatic rings. The third-order valence-electron chi connectivity index (χ3n) is 6.34. The summed E-state index contributed by atoms with van der Waals surface area (Å²) < 4.78 is 11.1. The molecule has 0 heterocycles. The number of fused-ring (bicyclic) bond motifs is 4. The average molecular weight is 338 g/mol. The predicted molar refractivity (Wildman–Crippen MR) is 98.4 cm³/mol. The van der Waals surface area contributed by atoms with E-state index in [2.05, 4.69) is 38.1 Å². The van der Waals surface area contributed by atoms with Gasteiger partial charge in [-0.1, -0.05) is 26.0 Å². The van der Waals surface area contributed by atoms with Gasteiger partial charge in [0.1, 0.15) is 11.9 Å². The first-order valence-electron chi connectivity index (χ1n) is 9.22. The minimum atomic E-state index is -0.171. The Morgan fingerprint density at radius 3 is 2.84 bits per heavy atom. The Labute approximate surface area is 149 Å². The molecule has 3 nitrogen and oxygen atoms in total. The van der Waals surface area contributed by atoms with Gasteiger partial charge in [-0.3, -0.25) is 4.79 Å². The molecule has 25 heavy (non-hydrogen) atoms. The van der Waals surface area contributed by atoms with Crippen molar-refractivity contribution in [3.63, 3.8) is 0 Å². The van der Waals surface area contributed by atoms with Crippen molar-refractivity contribution in [3.8, 4) is 5.75 Å². The largest absolute Gasteiger partial charge is 0.497 e. The van der Waals surface area contributed by atoms with Crippen LogP contribution < -0.4 is 4.74 Å². The van der Waals surface area contributed by atoms with E-state index in [1.165, 1.54) is 34.8 Å². The summed E-state index contributed by atoms with van der Waals surface area (Å²) in [7, 11) is 1.73. The van der Waals surface area contributed by atoms with Crippen LogP contribution in [0.25, 0.3) is 5.57 Å². The topological polar surface area (TPSA) is 35.5 Å². The first-order chi connectivity index (χ1) is 11.9. The van der Waals surface area contributed by atoms with Crippen molar-refractivity contribution in [1.29, 1.82) is 0 Å². The van der Waals surface area contributed by atoms with Gasteiger partial charge in [0.05, 0.1) is 7.11 Å². The summed E-state index contributed by atoms with van der Waals surface area (Å²) in [6.07, 6.45) is 6.27. The molecule has 3 heteroatoms. The van der Waals surface area contributed by atoms with Gasteiger partial charge in [-0.2, -0.15) is 0 Å². The summed E-state index contributed by atoms with van der Waals surface area (Å²) in [4.78, 5) is 11.5. The number of carbonyl (C=O) groups is 1. The average Bonchev–Trinajstić information content (AvgIpc) is 2.90. The summed E-state index contributed by atoms with van der Waals surface area (Å²) in [6, 6.07) is 6.48. The van der Waals surface area contributed by atoms with E-state index >= 15 is 0 Å². The van der Waals surface area contributed by atoms with E-state index in [9.17, 15) is 4.79 Å². The molecular formula is C22H26O3. The van der Waals surface area contributed by atoms with Gasteiger partial charge in [-0.15, -0.1) is 0 Å². The lowest BCUT2D eigenvalue weighted by Gasteiger charge is -2.43. The molecule has 0 spiro atoms. The van der Waals surface area contributed by atoms with Crippen LogP contribution in [-0.4, -0.2) is 19.2 Å². The molecule has 0 unspecified atom stereocenters. The second-order valence-electron chi connectivity index (χ2n) is 7.89. The summed E-state index contributed by atoms with van der Waals surface area (Å²) in [6.45, 7) is 6.12.